The number of carbonyl (C=O) groups is 1. The third-order valence-electron chi connectivity index (χ3n) is 2.81. The van der Waals surface area contributed by atoms with Crippen molar-refractivity contribution in [3.8, 4) is 11.4 Å². The van der Waals surface area contributed by atoms with Gasteiger partial charge in [0.05, 0.1) is 16.6 Å². The summed E-state index contributed by atoms with van der Waals surface area (Å²) in [5.74, 6) is -1.31. The van der Waals surface area contributed by atoms with E-state index in [4.69, 9.17) is 5.11 Å². The topological polar surface area (TPSA) is 78.9 Å². The van der Waals surface area contributed by atoms with E-state index in [1.54, 1.807) is 12.1 Å². The summed E-state index contributed by atoms with van der Waals surface area (Å²) in [5, 5.41) is 9.10. The summed E-state index contributed by atoms with van der Waals surface area (Å²) in [4.78, 5) is 22.1. The number of pyridine rings is 1. The second kappa shape index (κ2) is 4.68. The highest BCUT2D eigenvalue weighted by molar-refractivity contribution is 9.10. The SMILES string of the molecule is O=C(O)c1ccnc2nc(-c3cc(Br)ccc3F)[nH]c12. The Morgan fingerprint density at radius 3 is 2.90 bits per heavy atom. The van der Waals surface area contributed by atoms with Crippen molar-refractivity contribution in [3.63, 3.8) is 0 Å². The van der Waals surface area contributed by atoms with Crippen LogP contribution < -0.4 is 0 Å². The molecular weight excluding hydrogens is 329 g/mol. The van der Waals surface area contributed by atoms with Crippen LogP contribution in [-0.4, -0.2) is 26.0 Å². The van der Waals surface area contributed by atoms with Crippen molar-refractivity contribution < 1.29 is 14.3 Å². The molecule has 100 valence electrons. The first-order valence-electron chi connectivity index (χ1n) is 5.59. The first-order chi connectivity index (χ1) is 9.56. The second-order valence-electron chi connectivity index (χ2n) is 4.07. The molecule has 0 spiro atoms. The molecule has 0 unspecified atom stereocenters. The fourth-order valence-electron chi connectivity index (χ4n) is 1.90. The molecule has 3 aromatic rings. The number of benzene rings is 1. The Balaban J connectivity index is 2.26. The van der Waals surface area contributed by atoms with Gasteiger partial charge in [0.25, 0.3) is 0 Å². The van der Waals surface area contributed by atoms with Crippen LogP contribution >= 0.6 is 15.9 Å². The molecule has 0 saturated heterocycles. The molecule has 7 heteroatoms. The summed E-state index contributed by atoms with van der Waals surface area (Å²) in [6.45, 7) is 0. The van der Waals surface area contributed by atoms with Crippen molar-refractivity contribution in [1.29, 1.82) is 0 Å². The van der Waals surface area contributed by atoms with Crippen LogP contribution in [0.5, 0.6) is 0 Å². The molecule has 0 atom stereocenters. The predicted molar refractivity (Wildman–Crippen MR) is 73.9 cm³/mol. The summed E-state index contributed by atoms with van der Waals surface area (Å²) >= 11 is 3.26. The highest BCUT2D eigenvalue weighted by Crippen LogP contribution is 2.26. The fourth-order valence-corrected chi connectivity index (χ4v) is 2.26. The van der Waals surface area contributed by atoms with E-state index in [1.165, 1.54) is 18.3 Å². The standard InChI is InChI=1S/C13H7BrFN3O2/c14-6-1-2-9(15)8(5-6)11-17-10-7(13(19)20)3-4-16-12(10)18-11/h1-5H,(H,19,20)(H,16,17,18). The number of aromatic nitrogens is 3. The molecule has 0 saturated carbocycles. The van der Waals surface area contributed by atoms with Gasteiger partial charge >= 0.3 is 5.97 Å². The summed E-state index contributed by atoms with van der Waals surface area (Å²) in [6, 6.07) is 5.80. The molecule has 2 aromatic heterocycles. The molecule has 2 heterocycles. The molecule has 1 aromatic carbocycles. The summed E-state index contributed by atoms with van der Waals surface area (Å²) in [5.41, 5.74) is 0.798. The van der Waals surface area contributed by atoms with Crippen LogP contribution in [0.3, 0.4) is 0 Å². The van der Waals surface area contributed by atoms with Gasteiger partial charge in [0.1, 0.15) is 11.6 Å². The van der Waals surface area contributed by atoms with Crippen molar-refractivity contribution in [2.45, 2.75) is 0 Å². The van der Waals surface area contributed by atoms with Gasteiger partial charge in [0.15, 0.2) is 5.65 Å². The van der Waals surface area contributed by atoms with Gasteiger partial charge in [0, 0.05) is 10.7 Å². The third-order valence-corrected chi connectivity index (χ3v) is 3.30. The predicted octanol–water partition coefficient (Wildman–Crippen LogP) is 3.22. The number of nitrogens with zero attached hydrogens (tertiary/aromatic N) is 2. The smallest absolute Gasteiger partial charge is 0.338 e. The first kappa shape index (κ1) is 12.7. The van der Waals surface area contributed by atoms with E-state index in [0.29, 0.717) is 4.47 Å². The molecule has 2 N–H and O–H groups in total. The lowest BCUT2D eigenvalue weighted by Gasteiger charge is -1.99. The molecule has 0 aliphatic carbocycles. The van der Waals surface area contributed by atoms with Crippen molar-refractivity contribution >= 4 is 33.1 Å². The molecule has 0 fully saturated rings. The van der Waals surface area contributed by atoms with Crippen LogP contribution in [0.4, 0.5) is 4.39 Å². The maximum Gasteiger partial charge on any atom is 0.338 e. The number of imidazole rings is 1. The third kappa shape index (κ3) is 2.05. The minimum Gasteiger partial charge on any atom is -0.478 e. The van der Waals surface area contributed by atoms with E-state index >= 15 is 0 Å². The van der Waals surface area contributed by atoms with E-state index in [2.05, 4.69) is 30.9 Å². The summed E-state index contributed by atoms with van der Waals surface area (Å²) < 4.78 is 14.5. The van der Waals surface area contributed by atoms with Crippen molar-refractivity contribution in [3.05, 3.63) is 46.3 Å². The minimum atomic E-state index is -1.10. The lowest BCUT2D eigenvalue weighted by atomic mass is 10.2. The van der Waals surface area contributed by atoms with Crippen LogP contribution in [0.2, 0.25) is 0 Å². The number of fused-ring (bicyclic) bond motifs is 1. The van der Waals surface area contributed by atoms with E-state index in [0.717, 1.165) is 0 Å². The zero-order valence-electron chi connectivity index (χ0n) is 9.89. The Hall–Kier alpha value is -2.28. The average Bonchev–Trinajstić information content (AvgIpc) is 2.84. The van der Waals surface area contributed by atoms with Crippen LogP contribution in [0.15, 0.2) is 34.9 Å². The number of H-pyrrole nitrogens is 1. The van der Waals surface area contributed by atoms with Gasteiger partial charge in [-0.3, -0.25) is 0 Å². The Morgan fingerprint density at radius 1 is 1.35 bits per heavy atom. The monoisotopic (exact) mass is 335 g/mol. The molecule has 3 rings (SSSR count). The largest absolute Gasteiger partial charge is 0.478 e. The highest BCUT2D eigenvalue weighted by atomic mass is 79.9. The van der Waals surface area contributed by atoms with Gasteiger partial charge in [-0.15, -0.1) is 0 Å². The van der Waals surface area contributed by atoms with E-state index in [1.807, 2.05) is 0 Å². The Bertz CT molecular complexity index is 832. The Morgan fingerprint density at radius 2 is 2.15 bits per heavy atom. The van der Waals surface area contributed by atoms with E-state index in [9.17, 15) is 9.18 Å². The van der Waals surface area contributed by atoms with Gasteiger partial charge in [-0.1, -0.05) is 15.9 Å². The number of hydrogen-bond donors (Lipinski definition) is 2. The van der Waals surface area contributed by atoms with Crippen molar-refractivity contribution in [2.24, 2.45) is 0 Å². The van der Waals surface area contributed by atoms with Gasteiger partial charge in [-0.2, -0.15) is 0 Å². The molecule has 20 heavy (non-hydrogen) atoms. The van der Waals surface area contributed by atoms with Gasteiger partial charge < -0.3 is 10.1 Å². The number of aromatic carboxylic acids is 1. The number of nitrogens with one attached hydrogen (secondary N) is 1. The number of halogens is 2. The molecule has 0 radical (unpaired) electrons. The Kier molecular flexibility index (Phi) is 2.98. The summed E-state index contributed by atoms with van der Waals surface area (Å²) in [6.07, 6.45) is 1.35. The maximum atomic E-state index is 13.8. The van der Waals surface area contributed by atoms with E-state index in [-0.39, 0.29) is 28.1 Å². The number of hydrogen-bond acceptors (Lipinski definition) is 3. The lowest BCUT2D eigenvalue weighted by Crippen LogP contribution is -1.97. The molecule has 0 amide bonds. The summed E-state index contributed by atoms with van der Waals surface area (Å²) in [7, 11) is 0. The van der Waals surface area contributed by atoms with Crippen LogP contribution in [0, 0.1) is 5.82 Å². The average molecular weight is 336 g/mol. The molecular formula is C13H7BrFN3O2. The normalized spacial score (nSPS) is 10.9. The Labute approximate surface area is 120 Å². The second-order valence-corrected chi connectivity index (χ2v) is 4.99. The lowest BCUT2D eigenvalue weighted by molar-refractivity contribution is 0.0698. The van der Waals surface area contributed by atoms with Crippen LogP contribution in [-0.2, 0) is 0 Å². The number of carboxylic acids is 1. The van der Waals surface area contributed by atoms with Gasteiger partial charge in [-0.25, -0.2) is 19.2 Å². The zero-order chi connectivity index (χ0) is 14.3. The van der Waals surface area contributed by atoms with Crippen molar-refractivity contribution in [2.75, 3.05) is 0 Å². The van der Waals surface area contributed by atoms with Gasteiger partial charge in [0.2, 0.25) is 0 Å². The van der Waals surface area contributed by atoms with Gasteiger partial charge in [-0.05, 0) is 24.3 Å². The number of carboxylic acid groups (broad SMARTS) is 1. The number of aromatic amines is 1. The molecule has 0 aliphatic rings. The van der Waals surface area contributed by atoms with E-state index < -0.39 is 11.8 Å². The maximum absolute atomic E-state index is 13.8. The first-order valence-corrected chi connectivity index (χ1v) is 6.39. The molecule has 5 nitrogen and oxygen atoms in total. The molecule has 0 bridgehead atoms. The quantitative estimate of drug-likeness (QED) is 0.753. The zero-order valence-corrected chi connectivity index (χ0v) is 11.5. The number of rotatable bonds is 2. The molecule has 0 aliphatic heterocycles. The van der Waals surface area contributed by atoms with Crippen molar-refractivity contribution in [1.82, 2.24) is 15.0 Å². The van der Waals surface area contributed by atoms with Crippen LogP contribution in [0.25, 0.3) is 22.6 Å². The minimum absolute atomic E-state index is 0.0455. The van der Waals surface area contributed by atoms with Crippen LogP contribution in [0.1, 0.15) is 10.4 Å². The highest BCUT2D eigenvalue weighted by Gasteiger charge is 2.16. The fraction of sp³-hybridized carbons (Fsp3) is 0.